The highest BCUT2D eigenvalue weighted by atomic mass is 16.6. The van der Waals surface area contributed by atoms with E-state index in [1.54, 1.807) is 36.4 Å². The van der Waals surface area contributed by atoms with E-state index in [9.17, 15) is 20.2 Å². The molecule has 0 unspecified atom stereocenters. The average molecular weight is 404 g/mol. The fourth-order valence-corrected chi connectivity index (χ4v) is 2.71. The molecule has 0 heterocycles. The lowest BCUT2D eigenvalue weighted by Crippen LogP contribution is -2.11. The normalized spacial score (nSPS) is 10.8. The maximum absolute atomic E-state index is 10.9. The molecule has 0 N–H and O–H groups in total. The molecule has 0 amide bonds. The first kappa shape index (κ1) is 22.4. The predicted molar refractivity (Wildman–Crippen MR) is 106 cm³/mol. The first-order valence-electron chi connectivity index (χ1n) is 9.27. The highest BCUT2D eigenvalue weighted by Crippen LogP contribution is 2.18. The van der Waals surface area contributed by atoms with Crippen molar-refractivity contribution in [2.75, 3.05) is 39.6 Å². The Balaban J connectivity index is 1.49. The van der Waals surface area contributed by atoms with E-state index in [-0.39, 0.29) is 11.4 Å². The smallest absolute Gasteiger partial charge is 0.272 e. The summed E-state index contributed by atoms with van der Waals surface area (Å²) < 4.78 is 16.3. The third-order valence-corrected chi connectivity index (χ3v) is 4.15. The number of ether oxygens (including phenoxy) is 3. The summed E-state index contributed by atoms with van der Waals surface area (Å²) in [5.74, 6) is 0. The molecule has 0 radical (unpaired) electrons. The summed E-state index contributed by atoms with van der Waals surface area (Å²) in [4.78, 5) is 21.1. The fraction of sp³-hybridized carbons (Fsp3) is 0.400. The largest absolute Gasteiger partial charge is 0.379 e. The van der Waals surface area contributed by atoms with E-state index in [0.717, 1.165) is 0 Å². The molecule has 2 aromatic rings. The van der Waals surface area contributed by atoms with Gasteiger partial charge in [0.15, 0.2) is 0 Å². The highest BCUT2D eigenvalue weighted by molar-refractivity contribution is 5.40. The minimum atomic E-state index is -0.394. The summed E-state index contributed by atoms with van der Waals surface area (Å²) in [7, 11) is 0. The standard InChI is InChI=1S/C20H24N2O7/c23-21(24)19-7-3-1-5-17(19)9-11-27-13-15-29-16-14-28-12-10-18-6-2-4-8-20(18)22(25)26/h1-8H,9-16H2. The quantitative estimate of drug-likeness (QED) is 0.269. The Labute approximate surface area is 168 Å². The van der Waals surface area contributed by atoms with E-state index in [0.29, 0.717) is 63.6 Å². The number of nitrogens with zero attached hydrogens (tertiary/aromatic N) is 2. The fourth-order valence-electron chi connectivity index (χ4n) is 2.71. The molecule has 0 atom stereocenters. The van der Waals surface area contributed by atoms with Crippen molar-refractivity contribution in [2.24, 2.45) is 0 Å². The molecule has 2 rings (SSSR count). The molecule has 2 aromatic carbocycles. The van der Waals surface area contributed by atoms with Gasteiger partial charge in [0.1, 0.15) is 0 Å². The van der Waals surface area contributed by atoms with Crippen LogP contribution in [-0.2, 0) is 27.1 Å². The van der Waals surface area contributed by atoms with Gasteiger partial charge in [-0.15, -0.1) is 0 Å². The molecule has 0 aliphatic carbocycles. The van der Waals surface area contributed by atoms with E-state index >= 15 is 0 Å². The van der Waals surface area contributed by atoms with Crippen LogP contribution in [0.2, 0.25) is 0 Å². The molecular formula is C20H24N2O7. The Morgan fingerprint density at radius 2 is 0.931 bits per heavy atom. The molecule has 0 spiro atoms. The number of nitro groups is 2. The van der Waals surface area contributed by atoms with E-state index in [4.69, 9.17) is 14.2 Å². The lowest BCUT2D eigenvalue weighted by atomic mass is 10.1. The SMILES string of the molecule is O=[N+]([O-])c1ccccc1CCOCCOCCOCCc1ccccc1[N+](=O)[O-]. The second-order valence-electron chi connectivity index (χ2n) is 6.11. The molecule has 0 fully saturated rings. The third kappa shape index (κ3) is 7.94. The van der Waals surface area contributed by atoms with Gasteiger partial charge in [-0.3, -0.25) is 20.2 Å². The molecule has 9 heteroatoms. The van der Waals surface area contributed by atoms with Crippen LogP contribution in [0.4, 0.5) is 11.4 Å². The van der Waals surface area contributed by atoms with Crippen molar-refractivity contribution >= 4 is 11.4 Å². The van der Waals surface area contributed by atoms with Gasteiger partial charge in [-0.05, 0) is 0 Å². The van der Waals surface area contributed by atoms with E-state index in [1.807, 2.05) is 0 Å². The van der Waals surface area contributed by atoms with Crippen LogP contribution < -0.4 is 0 Å². The molecule has 0 bridgehead atoms. The number of hydrogen-bond donors (Lipinski definition) is 0. The Kier molecular flexibility index (Phi) is 9.70. The summed E-state index contributed by atoms with van der Waals surface area (Å²) in [6.45, 7) is 2.31. The van der Waals surface area contributed by atoms with Gasteiger partial charge in [0.05, 0.1) is 49.5 Å². The number of hydrogen-bond acceptors (Lipinski definition) is 7. The number of nitro benzene ring substituents is 2. The number of benzene rings is 2. The van der Waals surface area contributed by atoms with Gasteiger partial charge in [-0.2, -0.15) is 0 Å². The van der Waals surface area contributed by atoms with Crippen LogP contribution in [0, 0.1) is 20.2 Å². The van der Waals surface area contributed by atoms with Crippen molar-refractivity contribution in [3.63, 3.8) is 0 Å². The van der Waals surface area contributed by atoms with Crippen LogP contribution >= 0.6 is 0 Å². The van der Waals surface area contributed by atoms with Crippen LogP contribution in [0.3, 0.4) is 0 Å². The summed E-state index contributed by atoms with van der Waals surface area (Å²) in [6.07, 6.45) is 0.928. The summed E-state index contributed by atoms with van der Waals surface area (Å²) >= 11 is 0. The van der Waals surface area contributed by atoms with E-state index in [1.165, 1.54) is 12.1 Å². The first-order valence-corrected chi connectivity index (χ1v) is 9.27. The topological polar surface area (TPSA) is 114 Å². The predicted octanol–water partition coefficient (Wildman–Crippen LogP) is 3.34. The monoisotopic (exact) mass is 404 g/mol. The van der Waals surface area contributed by atoms with Crippen molar-refractivity contribution in [1.29, 1.82) is 0 Å². The second-order valence-corrected chi connectivity index (χ2v) is 6.11. The van der Waals surface area contributed by atoms with Crippen LogP contribution in [0.25, 0.3) is 0 Å². The van der Waals surface area contributed by atoms with Gasteiger partial charge in [-0.1, -0.05) is 36.4 Å². The maximum Gasteiger partial charge on any atom is 0.272 e. The van der Waals surface area contributed by atoms with Crippen molar-refractivity contribution in [3.8, 4) is 0 Å². The van der Waals surface area contributed by atoms with Crippen LogP contribution in [0.15, 0.2) is 48.5 Å². The average Bonchev–Trinajstić information content (AvgIpc) is 2.72. The van der Waals surface area contributed by atoms with E-state index in [2.05, 4.69) is 0 Å². The summed E-state index contributed by atoms with van der Waals surface area (Å²) in [6, 6.07) is 13.2. The molecule has 0 aromatic heterocycles. The Bertz CT molecular complexity index is 732. The van der Waals surface area contributed by atoms with Gasteiger partial charge in [0.2, 0.25) is 0 Å². The molecule has 0 aliphatic rings. The van der Waals surface area contributed by atoms with Crippen molar-refractivity contribution in [2.45, 2.75) is 12.8 Å². The summed E-state index contributed by atoms with van der Waals surface area (Å²) in [5.41, 5.74) is 1.49. The van der Waals surface area contributed by atoms with Crippen LogP contribution in [-0.4, -0.2) is 49.5 Å². The van der Waals surface area contributed by atoms with Gasteiger partial charge < -0.3 is 14.2 Å². The zero-order valence-corrected chi connectivity index (χ0v) is 16.0. The third-order valence-electron chi connectivity index (χ3n) is 4.15. The van der Waals surface area contributed by atoms with Crippen molar-refractivity contribution in [3.05, 3.63) is 79.9 Å². The molecule has 0 saturated heterocycles. The van der Waals surface area contributed by atoms with Crippen LogP contribution in [0.5, 0.6) is 0 Å². The molecule has 0 saturated carbocycles. The van der Waals surface area contributed by atoms with Gasteiger partial charge in [-0.25, -0.2) is 0 Å². The maximum atomic E-state index is 10.9. The molecule has 9 nitrogen and oxygen atoms in total. The zero-order chi connectivity index (χ0) is 20.9. The minimum absolute atomic E-state index is 0.102. The number of para-hydroxylation sites is 2. The first-order chi connectivity index (χ1) is 14.1. The molecule has 156 valence electrons. The van der Waals surface area contributed by atoms with Crippen molar-refractivity contribution in [1.82, 2.24) is 0 Å². The number of rotatable bonds is 14. The molecule has 0 aliphatic heterocycles. The van der Waals surface area contributed by atoms with Crippen LogP contribution in [0.1, 0.15) is 11.1 Å². The van der Waals surface area contributed by atoms with Gasteiger partial charge in [0.25, 0.3) is 11.4 Å². The van der Waals surface area contributed by atoms with E-state index < -0.39 is 9.85 Å². The van der Waals surface area contributed by atoms with Gasteiger partial charge in [0, 0.05) is 36.1 Å². The summed E-state index contributed by atoms with van der Waals surface area (Å²) in [5, 5.41) is 21.9. The zero-order valence-electron chi connectivity index (χ0n) is 16.0. The lowest BCUT2D eigenvalue weighted by Gasteiger charge is -2.07. The Morgan fingerprint density at radius 3 is 1.31 bits per heavy atom. The second kappa shape index (κ2) is 12.6. The molecule has 29 heavy (non-hydrogen) atoms. The minimum Gasteiger partial charge on any atom is -0.379 e. The Hall–Kier alpha value is -2.88. The van der Waals surface area contributed by atoms with Gasteiger partial charge >= 0.3 is 0 Å². The highest BCUT2D eigenvalue weighted by Gasteiger charge is 2.12. The lowest BCUT2D eigenvalue weighted by molar-refractivity contribution is -0.385. The Morgan fingerprint density at radius 1 is 0.586 bits per heavy atom. The molecular weight excluding hydrogens is 380 g/mol. The van der Waals surface area contributed by atoms with Crippen molar-refractivity contribution < 1.29 is 24.1 Å².